The smallest absolute Gasteiger partial charge is 0.240 e. The van der Waals surface area contributed by atoms with Crippen LogP contribution in [0, 0.1) is 12.8 Å². The van der Waals surface area contributed by atoms with Gasteiger partial charge in [0, 0.05) is 12.6 Å². The van der Waals surface area contributed by atoms with E-state index in [0.29, 0.717) is 4.90 Å². The van der Waals surface area contributed by atoms with Crippen LogP contribution >= 0.6 is 0 Å². The molecular formula is C14H21NO3S. The Morgan fingerprint density at radius 1 is 1.21 bits per heavy atom. The molecule has 19 heavy (non-hydrogen) atoms. The lowest BCUT2D eigenvalue weighted by Crippen LogP contribution is -2.43. The molecule has 0 spiro atoms. The maximum Gasteiger partial charge on any atom is 0.240 e. The second-order valence-electron chi connectivity index (χ2n) is 5.27. The van der Waals surface area contributed by atoms with E-state index in [1.165, 1.54) is 0 Å². The summed E-state index contributed by atoms with van der Waals surface area (Å²) in [6.45, 7) is 1.97. The van der Waals surface area contributed by atoms with Gasteiger partial charge in [0.1, 0.15) is 0 Å². The van der Waals surface area contributed by atoms with Crippen molar-refractivity contribution in [2.75, 3.05) is 6.61 Å². The summed E-state index contributed by atoms with van der Waals surface area (Å²) in [6, 6.07) is 6.67. The number of benzene rings is 1. The van der Waals surface area contributed by atoms with Gasteiger partial charge in [0.2, 0.25) is 10.0 Å². The van der Waals surface area contributed by atoms with E-state index in [2.05, 4.69) is 4.72 Å². The molecule has 1 saturated carbocycles. The summed E-state index contributed by atoms with van der Waals surface area (Å²) in [4.78, 5) is 0.292. The van der Waals surface area contributed by atoms with E-state index in [0.717, 1.165) is 31.2 Å². The highest BCUT2D eigenvalue weighted by molar-refractivity contribution is 7.89. The van der Waals surface area contributed by atoms with Crippen molar-refractivity contribution in [2.24, 2.45) is 5.92 Å². The third-order valence-corrected chi connectivity index (χ3v) is 5.29. The molecule has 0 aliphatic heterocycles. The summed E-state index contributed by atoms with van der Waals surface area (Å²) in [6.07, 6.45) is 3.76. The van der Waals surface area contributed by atoms with Gasteiger partial charge in [0.05, 0.1) is 4.90 Å². The molecule has 0 saturated heterocycles. The maximum absolute atomic E-state index is 12.3. The van der Waals surface area contributed by atoms with Gasteiger partial charge in [-0.15, -0.1) is 0 Å². The minimum Gasteiger partial charge on any atom is -0.396 e. The number of aliphatic hydroxyl groups is 1. The molecule has 1 aliphatic carbocycles. The maximum atomic E-state index is 12.3. The Bertz CT molecular complexity index is 510. The largest absolute Gasteiger partial charge is 0.396 e. The molecule has 2 N–H and O–H groups in total. The lowest BCUT2D eigenvalue weighted by atomic mass is 9.86. The second-order valence-corrected chi connectivity index (χ2v) is 6.98. The van der Waals surface area contributed by atoms with Gasteiger partial charge in [-0.05, 0) is 37.8 Å². The minimum atomic E-state index is -3.48. The van der Waals surface area contributed by atoms with Gasteiger partial charge in [-0.2, -0.15) is 0 Å². The number of sulfonamides is 1. The molecule has 0 aromatic heterocycles. The van der Waals surface area contributed by atoms with Gasteiger partial charge in [-0.25, -0.2) is 13.1 Å². The molecule has 1 aliphatic rings. The molecule has 2 unspecified atom stereocenters. The predicted molar refractivity (Wildman–Crippen MR) is 74.3 cm³/mol. The molecule has 106 valence electrons. The molecule has 0 bridgehead atoms. The first kappa shape index (κ1) is 14.5. The first-order chi connectivity index (χ1) is 9.03. The zero-order valence-corrected chi connectivity index (χ0v) is 12.0. The Morgan fingerprint density at radius 3 is 2.47 bits per heavy atom. The predicted octanol–water partition coefficient (Wildman–Crippen LogP) is 1.82. The third-order valence-electron chi connectivity index (χ3n) is 3.78. The van der Waals surface area contributed by atoms with Crippen molar-refractivity contribution in [1.82, 2.24) is 4.72 Å². The lowest BCUT2D eigenvalue weighted by molar-refractivity contribution is 0.164. The van der Waals surface area contributed by atoms with E-state index in [4.69, 9.17) is 0 Å². The molecule has 2 atom stereocenters. The highest BCUT2D eigenvalue weighted by Crippen LogP contribution is 2.25. The van der Waals surface area contributed by atoms with Gasteiger partial charge in [-0.1, -0.05) is 30.5 Å². The molecule has 0 amide bonds. The zero-order chi connectivity index (χ0) is 13.9. The van der Waals surface area contributed by atoms with Gasteiger partial charge in [-0.3, -0.25) is 0 Å². The molecule has 1 aromatic carbocycles. The van der Waals surface area contributed by atoms with Crippen molar-refractivity contribution < 1.29 is 13.5 Å². The second kappa shape index (κ2) is 6.03. The minimum absolute atomic E-state index is 0.0361. The molecule has 2 rings (SSSR count). The van der Waals surface area contributed by atoms with E-state index < -0.39 is 10.0 Å². The van der Waals surface area contributed by atoms with Crippen LogP contribution in [0.15, 0.2) is 29.2 Å². The first-order valence-electron chi connectivity index (χ1n) is 6.73. The van der Waals surface area contributed by atoms with Crippen LogP contribution in [0.3, 0.4) is 0 Å². The summed E-state index contributed by atoms with van der Waals surface area (Å²) < 4.78 is 27.3. The molecule has 1 fully saturated rings. The monoisotopic (exact) mass is 283 g/mol. The Hall–Kier alpha value is -0.910. The summed E-state index contributed by atoms with van der Waals surface area (Å²) >= 11 is 0. The number of hydrogen-bond donors (Lipinski definition) is 2. The third kappa shape index (κ3) is 3.55. The van der Waals surface area contributed by atoms with E-state index in [1.807, 2.05) is 6.92 Å². The number of hydrogen-bond acceptors (Lipinski definition) is 3. The topological polar surface area (TPSA) is 66.4 Å². The fraction of sp³-hybridized carbons (Fsp3) is 0.571. The van der Waals surface area contributed by atoms with Gasteiger partial charge >= 0.3 is 0 Å². The van der Waals surface area contributed by atoms with E-state index in [1.54, 1.807) is 24.3 Å². The van der Waals surface area contributed by atoms with Crippen LogP contribution < -0.4 is 4.72 Å². The van der Waals surface area contributed by atoms with Crippen molar-refractivity contribution in [2.45, 2.75) is 43.5 Å². The fourth-order valence-electron chi connectivity index (χ4n) is 2.57. The molecular weight excluding hydrogens is 262 g/mol. The zero-order valence-electron chi connectivity index (χ0n) is 11.2. The molecule has 0 heterocycles. The number of aliphatic hydroxyl groups excluding tert-OH is 1. The van der Waals surface area contributed by atoms with Gasteiger partial charge in [0.25, 0.3) is 0 Å². The van der Waals surface area contributed by atoms with Crippen molar-refractivity contribution >= 4 is 10.0 Å². The standard InChI is InChI=1S/C14H21NO3S/c1-11-6-8-13(9-7-11)19(17,18)15-14-5-3-2-4-12(14)10-16/h6-9,12,14-16H,2-5,10H2,1H3. The summed E-state index contributed by atoms with van der Waals surface area (Å²) in [5.41, 5.74) is 1.03. The summed E-state index contributed by atoms with van der Waals surface area (Å²) in [7, 11) is -3.48. The SMILES string of the molecule is Cc1ccc(S(=O)(=O)NC2CCCCC2CO)cc1. The summed E-state index contributed by atoms with van der Waals surface area (Å²) in [5.74, 6) is 0.0361. The van der Waals surface area contributed by atoms with Crippen LogP contribution in [-0.2, 0) is 10.0 Å². The fourth-order valence-corrected chi connectivity index (χ4v) is 3.91. The van der Waals surface area contributed by atoms with Crippen LogP contribution in [0.1, 0.15) is 31.2 Å². The van der Waals surface area contributed by atoms with Crippen LogP contribution in [0.2, 0.25) is 0 Å². The van der Waals surface area contributed by atoms with Crippen LogP contribution in [-0.4, -0.2) is 26.2 Å². The highest BCUT2D eigenvalue weighted by atomic mass is 32.2. The number of aryl methyl sites for hydroxylation is 1. The molecule has 0 radical (unpaired) electrons. The Kier molecular flexibility index (Phi) is 4.60. The van der Waals surface area contributed by atoms with Gasteiger partial charge < -0.3 is 5.11 Å². The Balaban J connectivity index is 2.14. The Morgan fingerprint density at radius 2 is 1.84 bits per heavy atom. The van der Waals surface area contributed by atoms with Crippen molar-refractivity contribution in [3.05, 3.63) is 29.8 Å². The molecule has 4 nitrogen and oxygen atoms in total. The van der Waals surface area contributed by atoms with Crippen LogP contribution in [0.5, 0.6) is 0 Å². The quantitative estimate of drug-likeness (QED) is 0.886. The van der Waals surface area contributed by atoms with Crippen molar-refractivity contribution in [3.8, 4) is 0 Å². The number of nitrogens with one attached hydrogen (secondary N) is 1. The van der Waals surface area contributed by atoms with Gasteiger partial charge in [0.15, 0.2) is 0 Å². The summed E-state index contributed by atoms with van der Waals surface area (Å²) in [5, 5.41) is 9.33. The van der Waals surface area contributed by atoms with Crippen molar-refractivity contribution in [1.29, 1.82) is 0 Å². The number of rotatable bonds is 4. The van der Waals surface area contributed by atoms with Crippen LogP contribution in [0.4, 0.5) is 0 Å². The lowest BCUT2D eigenvalue weighted by Gasteiger charge is -2.30. The average molecular weight is 283 g/mol. The van der Waals surface area contributed by atoms with Crippen LogP contribution in [0.25, 0.3) is 0 Å². The van der Waals surface area contributed by atoms with E-state index in [9.17, 15) is 13.5 Å². The molecule has 1 aromatic rings. The Labute approximate surface area is 114 Å². The van der Waals surface area contributed by atoms with Crippen molar-refractivity contribution in [3.63, 3.8) is 0 Å². The van der Waals surface area contributed by atoms with E-state index in [-0.39, 0.29) is 18.6 Å². The average Bonchev–Trinajstić information content (AvgIpc) is 2.39. The van der Waals surface area contributed by atoms with E-state index >= 15 is 0 Å². The molecule has 5 heteroatoms. The highest BCUT2D eigenvalue weighted by Gasteiger charge is 2.28. The normalized spacial score (nSPS) is 24.3. The first-order valence-corrected chi connectivity index (χ1v) is 8.21.